The number of sulfone groups is 1. The topological polar surface area (TPSA) is 72.5 Å². The van der Waals surface area contributed by atoms with Crippen LogP contribution >= 0.6 is 0 Å². The Kier molecular flexibility index (Phi) is 4.89. The highest BCUT2D eigenvalue weighted by Crippen LogP contribution is 1.90. The minimum Gasteiger partial charge on any atom is -0.387 e. The van der Waals surface area contributed by atoms with Crippen molar-refractivity contribution in [1.82, 2.24) is 0 Å². The van der Waals surface area contributed by atoms with Crippen LogP contribution in [0, 0.1) is 0 Å². The van der Waals surface area contributed by atoms with Crippen LogP contribution in [0.15, 0.2) is 4.99 Å². The van der Waals surface area contributed by atoms with Crippen LogP contribution in [0.5, 0.6) is 0 Å². The molecule has 0 saturated heterocycles. The predicted octanol–water partition coefficient (Wildman–Crippen LogP) is 0.188. The van der Waals surface area contributed by atoms with Crippen molar-refractivity contribution in [1.29, 1.82) is 0 Å². The molecule has 0 aromatic carbocycles. The summed E-state index contributed by atoms with van der Waals surface area (Å²) in [5.41, 5.74) is 5.42. The highest BCUT2D eigenvalue weighted by Gasteiger charge is 1.99. The molecule has 72 valence electrons. The summed E-state index contributed by atoms with van der Waals surface area (Å²) in [6.07, 6.45) is 2.50. The second-order valence-electron chi connectivity index (χ2n) is 2.71. The first kappa shape index (κ1) is 11.4. The van der Waals surface area contributed by atoms with Gasteiger partial charge in [-0.05, 0) is 6.42 Å². The minimum atomic E-state index is -2.84. The molecule has 0 radical (unpaired) electrons. The Hall–Kier alpha value is -0.580. The molecule has 0 aromatic heterocycles. The van der Waals surface area contributed by atoms with Crippen molar-refractivity contribution < 1.29 is 8.42 Å². The molecule has 0 unspecified atom stereocenters. The third-order valence-electron chi connectivity index (χ3n) is 1.35. The first-order chi connectivity index (χ1) is 5.45. The Bertz CT molecular complexity index is 244. The molecule has 0 fully saturated rings. The van der Waals surface area contributed by atoms with Crippen LogP contribution < -0.4 is 5.73 Å². The number of nitrogens with zero attached hydrogens (tertiary/aromatic N) is 1. The zero-order chi connectivity index (χ0) is 9.61. The monoisotopic (exact) mass is 192 g/mol. The molecule has 5 heteroatoms. The van der Waals surface area contributed by atoms with Gasteiger partial charge in [-0.2, -0.15) is 0 Å². The first-order valence-electron chi connectivity index (χ1n) is 3.92. The van der Waals surface area contributed by atoms with Gasteiger partial charge in [0.2, 0.25) is 0 Å². The van der Waals surface area contributed by atoms with E-state index in [1.54, 1.807) is 0 Å². The summed E-state index contributed by atoms with van der Waals surface area (Å²) in [5.74, 6) is 0.775. The van der Waals surface area contributed by atoms with Gasteiger partial charge >= 0.3 is 0 Å². The maximum Gasteiger partial charge on any atom is 0.147 e. The van der Waals surface area contributed by atoms with E-state index >= 15 is 0 Å². The lowest BCUT2D eigenvalue weighted by Gasteiger charge is -1.96. The Labute approximate surface area is 73.8 Å². The zero-order valence-corrected chi connectivity index (χ0v) is 8.39. The minimum absolute atomic E-state index is 0.188. The lowest BCUT2D eigenvalue weighted by atomic mass is 10.4. The maximum absolute atomic E-state index is 10.7. The maximum atomic E-state index is 10.7. The summed E-state index contributed by atoms with van der Waals surface area (Å²) in [4.78, 5) is 3.98. The van der Waals surface area contributed by atoms with Crippen LogP contribution in [0.25, 0.3) is 0 Å². The molecule has 12 heavy (non-hydrogen) atoms. The molecule has 0 aliphatic rings. The van der Waals surface area contributed by atoms with Crippen LogP contribution in [-0.2, 0) is 9.84 Å². The van der Waals surface area contributed by atoms with E-state index in [9.17, 15) is 8.42 Å². The van der Waals surface area contributed by atoms with E-state index < -0.39 is 9.84 Å². The molecule has 0 saturated carbocycles. The molecule has 0 bridgehead atoms. The van der Waals surface area contributed by atoms with Gasteiger partial charge in [0.1, 0.15) is 9.84 Å². The largest absolute Gasteiger partial charge is 0.387 e. The van der Waals surface area contributed by atoms with Crippen molar-refractivity contribution in [2.24, 2.45) is 10.7 Å². The highest BCUT2D eigenvalue weighted by molar-refractivity contribution is 7.90. The van der Waals surface area contributed by atoms with Gasteiger partial charge in [0.05, 0.1) is 11.6 Å². The van der Waals surface area contributed by atoms with Crippen molar-refractivity contribution >= 4 is 15.7 Å². The summed E-state index contributed by atoms with van der Waals surface area (Å²) in [6, 6.07) is 0. The fourth-order valence-corrected chi connectivity index (χ4v) is 1.31. The van der Waals surface area contributed by atoms with Gasteiger partial charge < -0.3 is 5.73 Å². The average Bonchev–Trinajstić information content (AvgIpc) is 1.96. The van der Waals surface area contributed by atoms with Crippen LogP contribution in [0.3, 0.4) is 0 Å². The summed E-state index contributed by atoms with van der Waals surface area (Å²) in [7, 11) is -2.84. The van der Waals surface area contributed by atoms with Gasteiger partial charge in [-0.1, -0.05) is 6.92 Å². The SMILES string of the molecule is CCC(N)=NCCCS(C)(=O)=O. The second-order valence-corrected chi connectivity index (χ2v) is 4.97. The first-order valence-corrected chi connectivity index (χ1v) is 5.98. The molecule has 2 N–H and O–H groups in total. The van der Waals surface area contributed by atoms with E-state index in [1.165, 1.54) is 6.26 Å². The molecule has 0 atom stereocenters. The van der Waals surface area contributed by atoms with Crippen molar-refractivity contribution in [3.8, 4) is 0 Å². The molecular weight excluding hydrogens is 176 g/mol. The molecule has 0 aromatic rings. The molecular formula is C7H16N2O2S. The number of aliphatic imine (C=N–C) groups is 1. The Morgan fingerprint density at radius 2 is 2.08 bits per heavy atom. The third-order valence-corrected chi connectivity index (χ3v) is 2.38. The number of hydrogen-bond acceptors (Lipinski definition) is 3. The van der Waals surface area contributed by atoms with Crippen molar-refractivity contribution in [2.45, 2.75) is 19.8 Å². The van der Waals surface area contributed by atoms with Crippen LogP contribution in [0.1, 0.15) is 19.8 Å². The molecule has 0 aliphatic heterocycles. The van der Waals surface area contributed by atoms with Gasteiger partial charge in [-0.3, -0.25) is 4.99 Å². The highest BCUT2D eigenvalue weighted by atomic mass is 32.2. The fraction of sp³-hybridized carbons (Fsp3) is 0.857. The van der Waals surface area contributed by atoms with E-state index in [1.807, 2.05) is 6.92 Å². The van der Waals surface area contributed by atoms with Crippen LogP contribution in [0.2, 0.25) is 0 Å². The van der Waals surface area contributed by atoms with Crippen molar-refractivity contribution in [2.75, 3.05) is 18.6 Å². The summed E-state index contributed by atoms with van der Waals surface area (Å²) in [6.45, 7) is 2.42. The number of hydrogen-bond donors (Lipinski definition) is 1. The van der Waals surface area contributed by atoms with E-state index in [-0.39, 0.29) is 5.75 Å². The molecule has 0 rings (SSSR count). The molecule has 4 nitrogen and oxygen atoms in total. The quantitative estimate of drug-likeness (QED) is 0.384. The zero-order valence-electron chi connectivity index (χ0n) is 7.58. The Morgan fingerprint density at radius 1 is 1.50 bits per heavy atom. The molecule has 0 amide bonds. The molecule has 0 heterocycles. The summed E-state index contributed by atoms with van der Waals surface area (Å²) < 4.78 is 21.3. The average molecular weight is 192 g/mol. The predicted molar refractivity (Wildman–Crippen MR) is 51.1 cm³/mol. The smallest absolute Gasteiger partial charge is 0.147 e. The number of rotatable bonds is 5. The normalized spacial score (nSPS) is 13.3. The third kappa shape index (κ3) is 7.53. The summed E-state index contributed by atoms with van der Waals surface area (Å²) in [5, 5.41) is 0. The van der Waals surface area contributed by atoms with Gasteiger partial charge in [0.15, 0.2) is 0 Å². The van der Waals surface area contributed by atoms with Crippen LogP contribution in [-0.4, -0.2) is 32.8 Å². The van der Waals surface area contributed by atoms with Gasteiger partial charge in [-0.25, -0.2) is 8.42 Å². The van der Waals surface area contributed by atoms with E-state index in [0.717, 1.165) is 6.42 Å². The molecule has 0 aliphatic carbocycles. The van der Waals surface area contributed by atoms with Gasteiger partial charge in [0.25, 0.3) is 0 Å². The lowest BCUT2D eigenvalue weighted by Crippen LogP contribution is -2.11. The van der Waals surface area contributed by atoms with E-state index in [2.05, 4.69) is 4.99 Å². The number of nitrogens with two attached hydrogens (primary N) is 1. The Balaban J connectivity index is 3.59. The lowest BCUT2D eigenvalue weighted by molar-refractivity contribution is 0.599. The second kappa shape index (κ2) is 5.13. The van der Waals surface area contributed by atoms with Crippen LogP contribution in [0.4, 0.5) is 0 Å². The molecule has 0 spiro atoms. The summed E-state index contributed by atoms with van der Waals surface area (Å²) >= 11 is 0. The van der Waals surface area contributed by atoms with E-state index in [4.69, 9.17) is 5.73 Å². The number of amidine groups is 1. The van der Waals surface area contributed by atoms with Crippen molar-refractivity contribution in [3.63, 3.8) is 0 Å². The van der Waals surface area contributed by atoms with Gasteiger partial charge in [-0.15, -0.1) is 0 Å². The standard InChI is InChI=1S/C7H16N2O2S/c1-3-7(8)9-5-4-6-12(2,10)11/h3-6H2,1-2H3,(H2,8,9). The van der Waals surface area contributed by atoms with E-state index in [0.29, 0.717) is 18.8 Å². The Morgan fingerprint density at radius 3 is 2.50 bits per heavy atom. The van der Waals surface area contributed by atoms with Crippen molar-refractivity contribution in [3.05, 3.63) is 0 Å². The fourth-order valence-electron chi connectivity index (χ4n) is 0.661. The van der Waals surface area contributed by atoms with Gasteiger partial charge in [0, 0.05) is 19.2 Å².